The summed E-state index contributed by atoms with van der Waals surface area (Å²) < 4.78 is 0. The summed E-state index contributed by atoms with van der Waals surface area (Å²) in [4.78, 5) is 25.6. The van der Waals surface area contributed by atoms with Gasteiger partial charge in [0, 0.05) is 24.5 Å². The Hall–Kier alpha value is -1.59. The molecule has 130 valence electrons. The Kier molecular flexibility index (Phi) is 5.74. The lowest BCUT2D eigenvalue weighted by atomic mass is 9.96. The first-order valence-corrected chi connectivity index (χ1v) is 9.02. The molecule has 2 aliphatic rings. The standard InChI is InChI=1S/C18H24ClN3O2/c19-15-4-2-1-3-14(15)12-22-9-7-13(8-10-22)11-20-18(24)16-5-6-17(23)21-16/h1-4,13,16H,5-12H2,(H,20,24)(H,21,23). The van der Waals surface area contributed by atoms with Crippen molar-refractivity contribution in [1.29, 1.82) is 0 Å². The number of carbonyl (C=O) groups is 2. The Morgan fingerprint density at radius 1 is 1.25 bits per heavy atom. The molecule has 0 spiro atoms. The molecule has 2 saturated heterocycles. The van der Waals surface area contributed by atoms with Crippen LogP contribution in [0.15, 0.2) is 24.3 Å². The second-order valence-electron chi connectivity index (χ2n) is 6.71. The maximum Gasteiger partial charge on any atom is 0.242 e. The highest BCUT2D eigenvalue weighted by atomic mass is 35.5. The lowest BCUT2D eigenvalue weighted by Gasteiger charge is -2.32. The molecule has 1 unspecified atom stereocenters. The van der Waals surface area contributed by atoms with Crippen molar-refractivity contribution < 1.29 is 9.59 Å². The molecule has 3 rings (SSSR count). The molecule has 2 fully saturated rings. The fourth-order valence-electron chi connectivity index (χ4n) is 3.40. The molecular weight excluding hydrogens is 326 g/mol. The first kappa shape index (κ1) is 17.2. The van der Waals surface area contributed by atoms with Crippen molar-refractivity contribution in [3.63, 3.8) is 0 Å². The third-order valence-electron chi connectivity index (χ3n) is 4.94. The second kappa shape index (κ2) is 7.99. The minimum atomic E-state index is -0.335. The zero-order valence-electron chi connectivity index (χ0n) is 13.8. The van der Waals surface area contributed by atoms with Gasteiger partial charge < -0.3 is 10.6 Å². The van der Waals surface area contributed by atoms with Crippen LogP contribution in [0.5, 0.6) is 0 Å². The zero-order chi connectivity index (χ0) is 16.9. The van der Waals surface area contributed by atoms with Gasteiger partial charge >= 0.3 is 0 Å². The minimum absolute atomic E-state index is 0.0250. The number of nitrogens with zero attached hydrogens (tertiary/aromatic N) is 1. The highest BCUT2D eigenvalue weighted by Gasteiger charge is 2.28. The number of halogens is 1. The summed E-state index contributed by atoms with van der Waals surface area (Å²) in [6.45, 7) is 3.62. The topological polar surface area (TPSA) is 61.4 Å². The Labute approximate surface area is 147 Å². The van der Waals surface area contributed by atoms with E-state index < -0.39 is 0 Å². The number of rotatable bonds is 5. The largest absolute Gasteiger partial charge is 0.354 e. The van der Waals surface area contributed by atoms with Gasteiger partial charge in [0.2, 0.25) is 11.8 Å². The van der Waals surface area contributed by atoms with Crippen LogP contribution in [0.3, 0.4) is 0 Å². The Bertz CT molecular complexity index is 600. The van der Waals surface area contributed by atoms with Crippen molar-refractivity contribution in [2.45, 2.75) is 38.3 Å². The van der Waals surface area contributed by atoms with Crippen molar-refractivity contribution in [2.24, 2.45) is 5.92 Å². The lowest BCUT2D eigenvalue weighted by molar-refractivity contribution is -0.125. The van der Waals surface area contributed by atoms with Crippen molar-refractivity contribution in [2.75, 3.05) is 19.6 Å². The van der Waals surface area contributed by atoms with Gasteiger partial charge in [-0.1, -0.05) is 29.8 Å². The zero-order valence-corrected chi connectivity index (χ0v) is 14.5. The van der Waals surface area contributed by atoms with Gasteiger partial charge in [-0.25, -0.2) is 0 Å². The van der Waals surface area contributed by atoms with E-state index >= 15 is 0 Å². The predicted octanol–water partition coefficient (Wildman–Crippen LogP) is 1.95. The lowest BCUT2D eigenvalue weighted by Crippen LogP contribution is -2.44. The molecule has 0 aromatic heterocycles. The molecule has 6 heteroatoms. The minimum Gasteiger partial charge on any atom is -0.354 e. The monoisotopic (exact) mass is 349 g/mol. The normalized spacial score (nSPS) is 22.4. The fraction of sp³-hybridized carbons (Fsp3) is 0.556. The van der Waals surface area contributed by atoms with Crippen LogP contribution in [0.4, 0.5) is 0 Å². The molecule has 2 heterocycles. The fourth-order valence-corrected chi connectivity index (χ4v) is 3.59. The second-order valence-corrected chi connectivity index (χ2v) is 7.12. The molecule has 0 radical (unpaired) electrons. The molecule has 0 aliphatic carbocycles. The van der Waals surface area contributed by atoms with Crippen LogP contribution in [0.25, 0.3) is 0 Å². The van der Waals surface area contributed by atoms with Gasteiger partial charge in [0.05, 0.1) is 0 Å². The summed E-state index contributed by atoms with van der Waals surface area (Å²) in [6.07, 6.45) is 3.21. The summed E-state index contributed by atoms with van der Waals surface area (Å²) in [7, 11) is 0. The van der Waals surface area contributed by atoms with Gasteiger partial charge in [-0.3, -0.25) is 14.5 Å². The molecule has 2 amide bonds. The van der Waals surface area contributed by atoms with Gasteiger partial charge in [0.1, 0.15) is 6.04 Å². The summed E-state index contributed by atoms with van der Waals surface area (Å²) >= 11 is 6.23. The molecule has 0 bridgehead atoms. The maximum atomic E-state index is 12.0. The maximum absolute atomic E-state index is 12.0. The number of hydrogen-bond donors (Lipinski definition) is 2. The third kappa shape index (κ3) is 4.48. The van der Waals surface area contributed by atoms with Gasteiger partial charge in [0.25, 0.3) is 0 Å². The van der Waals surface area contributed by atoms with Crippen molar-refractivity contribution in [3.05, 3.63) is 34.9 Å². The average Bonchev–Trinajstić information content (AvgIpc) is 3.03. The molecule has 1 aromatic rings. The SMILES string of the molecule is O=C1CCC(C(=O)NCC2CCN(Cc3ccccc3Cl)CC2)N1. The van der Waals surface area contributed by atoms with E-state index in [4.69, 9.17) is 11.6 Å². The van der Waals surface area contributed by atoms with Gasteiger partial charge in [-0.05, 0) is 49.9 Å². The number of benzene rings is 1. The van der Waals surface area contributed by atoms with Crippen LogP contribution in [-0.2, 0) is 16.1 Å². The van der Waals surface area contributed by atoms with Crippen LogP contribution in [0.1, 0.15) is 31.2 Å². The highest BCUT2D eigenvalue weighted by Crippen LogP contribution is 2.22. The predicted molar refractivity (Wildman–Crippen MR) is 93.6 cm³/mol. The number of amides is 2. The Morgan fingerprint density at radius 2 is 2.00 bits per heavy atom. The van der Waals surface area contributed by atoms with E-state index in [1.54, 1.807) is 0 Å². The van der Waals surface area contributed by atoms with E-state index in [2.05, 4.69) is 21.6 Å². The summed E-state index contributed by atoms with van der Waals surface area (Å²) in [5.41, 5.74) is 1.17. The molecule has 5 nitrogen and oxygen atoms in total. The quantitative estimate of drug-likeness (QED) is 0.854. The van der Waals surface area contributed by atoms with E-state index in [9.17, 15) is 9.59 Å². The summed E-state index contributed by atoms with van der Waals surface area (Å²) in [6, 6.07) is 7.64. The van der Waals surface area contributed by atoms with E-state index in [0.29, 0.717) is 25.3 Å². The van der Waals surface area contributed by atoms with Crippen molar-refractivity contribution in [1.82, 2.24) is 15.5 Å². The van der Waals surface area contributed by atoms with Crippen molar-refractivity contribution in [3.8, 4) is 0 Å². The number of nitrogens with one attached hydrogen (secondary N) is 2. The number of piperidine rings is 1. The Morgan fingerprint density at radius 3 is 2.67 bits per heavy atom. The number of likely N-dealkylation sites (tertiary alicyclic amines) is 1. The van der Waals surface area contributed by atoms with E-state index in [-0.39, 0.29) is 17.9 Å². The van der Waals surface area contributed by atoms with Crippen molar-refractivity contribution >= 4 is 23.4 Å². The summed E-state index contributed by atoms with van der Waals surface area (Å²) in [5, 5.41) is 6.53. The molecular formula is C18H24ClN3O2. The van der Waals surface area contributed by atoms with E-state index in [1.165, 1.54) is 5.56 Å². The first-order valence-electron chi connectivity index (χ1n) is 8.64. The molecule has 2 N–H and O–H groups in total. The smallest absolute Gasteiger partial charge is 0.242 e. The Balaban J connectivity index is 1.38. The first-order chi connectivity index (χ1) is 11.6. The summed E-state index contributed by atoms with van der Waals surface area (Å²) in [5.74, 6) is 0.441. The molecule has 24 heavy (non-hydrogen) atoms. The average molecular weight is 350 g/mol. The van der Waals surface area contributed by atoms with Crippen LogP contribution in [0, 0.1) is 5.92 Å². The van der Waals surface area contributed by atoms with Gasteiger partial charge in [-0.2, -0.15) is 0 Å². The van der Waals surface area contributed by atoms with E-state index in [1.807, 2.05) is 18.2 Å². The van der Waals surface area contributed by atoms with Gasteiger partial charge in [-0.15, -0.1) is 0 Å². The van der Waals surface area contributed by atoms with Crippen LogP contribution < -0.4 is 10.6 Å². The molecule has 1 atom stereocenters. The highest BCUT2D eigenvalue weighted by molar-refractivity contribution is 6.31. The van der Waals surface area contributed by atoms with E-state index in [0.717, 1.165) is 37.5 Å². The third-order valence-corrected chi connectivity index (χ3v) is 5.30. The molecule has 1 aromatic carbocycles. The number of carbonyl (C=O) groups excluding carboxylic acids is 2. The van der Waals surface area contributed by atoms with Crippen LogP contribution in [-0.4, -0.2) is 42.4 Å². The van der Waals surface area contributed by atoms with Crippen LogP contribution in [0.2, 0.25) is 5.02 Å². The molecule has 0 saturated carbocycles. The van der Waals surface area contributed by atoms with Crippen LogP contribution >= 0.6 is 11.6 Å². The number of hydrogen-bond acceptors (Lipinski definition) is 3. The molecule has 2 aliphatic heterocycles. The van der Waals surface area contributed by atoms with Gasteiger partial charge in [0.15, 0.2) is 0 Å².